The number of carbonyl (C=O) groups is 5. The van der Waals surface area contributed by atoms with Gasteiger partial charge in [0.25, 0.3) is 0 Å². The average molecular weight is 698 g/mol. The molecule has 9 heteroatoms. The molecule has 0 radical (unpaired) electrons. The Morgan fingerprint density at radius 1 is 0.647 bits per heavy atom. The van der Waals surface area contributed by atoms with Gasteiger partial charge in [0.05, 0.1) is 12.0 Å². The van der Waals surface area contributed by atoms with Crippen molar-refractivity contribution >= 4 is 46.7 Å². The van der Waals surface area contributed by atoms with E-state index >= 15 is 4.57 Å². The van der Waals surface area contributed by atoms with Crippen molar-refractivity contribution in [3.8, 4) is 5.75 Å². The van der Waals surface area contributed by atoms with E-state index < -0.39 is 24.2 Å². The van der Waals surface area contributed by atoms with E-state index in [1.165, 1.54) is 24.3 Å². The van der Waals surface area contributed by atoms with Gasteiger partial charge in [-0.3, -0.25) is 24.0 Å². The highest BCUT2D eigenvalue weighted by Gasteiger charge is 2.44. The second kappa shape index (κ2) is 13.9. The minimum atomic E-state index is -4.53. The van der Waals surface area contributed by atoms with Gasteiger partial charge in [0.15, 0.2) is 11.6 Å². The third kappa shape index (κ3) is 6.51. The maximum atomic E-state index is 15.2. The van der Waals surface area contributed by atoms with Crippen LogP contribution in [0.1, 0.15) is 86.8 Å². The fourth-order valence-electron chi connectivity index (χ4n) is 6.74. The topological polar surface area (TPSA) is 124 Å². The van der Waals surface area contributed by atoms with Gasteiger partial charge in [0.1, 0.15) is 5.75 Å². The van der Waals surface area contributed by atoms with Crippen molar-refractivity contribution in [1.29, 1.82) is 0 Å². The van der Waals surface area contributed by atoms with Crippen molar-refractivity contribution in [2.45, 2.75) is 41.0 Å². The van der Waals surface area contributed by atoms with Crippen LogP contribution in [0.5, 0.6) is 5.75 Å². The maximum absolute atomic E-state index is 15.2. The number of ether oxygens (including phenoxy) is 1. The average Bonchev–Trinajstić information content (AvgIpc) is 3.09. The van der Waals surface area contributed by atoms with Crippen LogP contribution in [0.4, 0.5) is 5.69 Å². The van der Waals surface area contributed by atoms with Crippen LogP contribution in [0.3, 0.4) is 0 Å². The number of aryl methyl sites for hydroxylation is 5. The number of esters is 1. The van der Waals surface area contributed by atoms with Crippen molar-refractivity contribution in [2.75, 3.05) is 11.9 Å². The van der Waals surface area contributed by atoms with Crippen molar-refractivity contribution in [3.63, 3.8) is 0 Å². The molecule has 8 nitrogen and oxygen atoms in total. The number of carbonyl (C=O) groups excluding carboxylic acids is 5. The van der Waals surface area contributed by atoms with Crippen LogP contribution in [0.25, 0.3) is 0 Å². The van der Waals surface area contributed by atoms with Gasteiger partial charge in [-0.15, -0.1) is 0 Å². The van der Waals surface area contributed by atoms with E-state index in [1.54, 1.807) is 81.4 Å². The molecule has 5 aromatic rings. The van der Waals surface area contributed by atoms with Gasteiger partial charge in [-0.1, -0.05) is 90.0 Å². The predicted molar refractivity (Wildman–Crippen MR) is 197 cm³/mol. The minimum Gasteiger partial charge on any atom is -0.426 e. The molecule has 6 rings (SSSR count). The monoisotopic (exact) mass is 697 g/mol. The molecule has 0 amide bonds. The highest BCUT2D eigenvalue weighted by molar-refractivity contribution is 8.01. The molecule has 0 fully saturated rings. The van der Waals surface area contributed by atoms with Crippen LogP contribution in [0.15, 0.2) is 97.1 Å². The number of anilines is 1. The molecule has 5 aromatic carbocycles. The third-order valence-corrected chi connectivity index (χ3v) is 11.7. The summed E-state index contributed by atoms with van der Waals surface area (Å²) in [5.74, 6) is -1.16. The Kier molecular flexibility index (Phi) is 9.56. The van der Waals surface area contributed by atoms with Crippen LogP contribution >= 0.6 is 7.14 Å². The van der Waals surface area contributed by atoms with Crippen molar-refractivity contribution < 1.29 is 33.3 Å². The molecule has 0 saturated heterocycles. The Bertz CT molecular complexity index is 2330. The first-order valence-corrected chi connectivity index (χ1v) is 18.2. The SMILES string of the molecule is Cc1ccc(C(=O)P(=O)(C(=O)c2c(C)cc(C)cc2C)c2cccc(OC(=O)CCNc3cccc4c3C(=O)c3ccccc3C4=O)c2)c(C)c1. The fourth-order valence-corrected chi connectivity index (χ4v) is 9.26. The number of nitrogens with one attached hydrogen (secondary N) is 1. The van der Waals surface area contributed by atoms with E-state index in [0.29, 0.717) is 33.5 Å². The second-order valence-electron chi connectivity index (χ2n) is 12.9. The zero-order valence-electron chi connectivity index (χ0n) is 29.0. The standard InChI is InChI=1S/C42H36NO7P/c1-24-16-17-31(26(3)20-24)41(47)51(49,42(48)37-27(4)21-25(2)22-28(37)5)30-11-8-10-29(23-30)50-36(44)18-19-43-35-15-9-14-34-38(35)40(46)33-13-7-6-12-32(33)39(34)45/h6-17,20-23,43H,18-19H2,1-5H3. The molecule has 1 aliphatic carbocycles. The molecule has 0 saturated carbocycles. The lowest BCUT2D eigenvalue weighted by atomic mass is 9.83. The molecule has 1 aliphatic rings. The molecule has 0 aliphatic heterocycles. The summed E-state index contributed by atoms with van der Waals surface area (Å²) in [6.07, 6.45) is -0.132. The molecule has 1 N–H and O–H groups in total. The van der Waals surface area contributed by atoms with Crippen LogP contribution in [0, 0.1) is 34.6 Å². The molecule has 0 bridgehead atoms. The van der Waals surface area contributed by atoms with Crippen LogP contribution in [-0.2, 0) is 9.36 Å². The van der Waals surface area contributed by atoms with Crippen molar-refractivity contribution in [3.05, 3.63) is 158 Å². The number of benzene rings is 5. The van der Waals surface area contributed by atoms with Gasteiger partial charge in [-0.05, 0) is 69.5 Å². The Balaban J connectivity index is 1.25. The van der Waals surface area contributed by atoms with Crippen LogP contribution in [0.2, 0.25) is 0 Å². The van der Waals surface area contributed by atoms with Gasteiger partial charge < -0.3 is 14.6 Å². The van der Waals surface area contributed by atoms with E-state index in [0.717, 1.165) is 11.1 Å². The third-order valence-electron chi connectivity index (χ3n) is 9.09. The van der Waals surface area contributed by atoms with E-state index in [1.807, 2.05) is 26.0 Å². The minimum absolute atomic E-state index is 0.0192. The Morgan fingerprint density at radius 3 is 1.96 bits per heavy atom. The summed E-state index contributed by atoms with van der Waals surface area (Å²) in [7, 11) is -4.53. The zero-order valence-corrected chi connectivity index (χ0v) is 29.9. The Morgan fingerprint density at radius 2 is 1.27 bits per heavy atom. The first kappa shape index (κ1) is 35.1. The van der Waals surface area contributed by atoms with E-state index in [4.69, 9.17) is 4.74 Å². The molecular weight excluding hydrogens is 661 g/mol. The Labute approximate surface area is 296 Å². The Hall–Kier alpha value is -5.72. The lowest BCUT2D eigenvalue weighted by Crippen LogP contribution is -2.23. The molecule has 1 atom stereocenters. The molecule has 1 unspecified atom stereocenters. The van der Waals surface area contributed by atoms with E-state index in [9.17, 15) is 24.0 Å². The summed E-state index contributed by atoms with van der Waals surface area (Å²) in [6, 6.07) is 26.1. The summed E-state index contributed by atoms with van der Waals surface area (Å²) in [5.41, 5.74) is 4.10. The first-order valence-electron chi connectivity index (χ1n) is 16.5. The number of hydrogen-bond acceptors (Lipinski definition) is 8. The summed E-state index contributed by atoms with van der Waals surface area (Å²) >= 11 is 0. The highest BCUT2D eigenvalue weighted by atomic mass is 31.2. The first-order chi connectivity index (χ1) is 24.3. The lowest BCUT2D eigenvalue weighted by Gasteiger charge is -2.21. The van der Waals surface area contributed by atoms with Gasteiger partial charge in [-0.25, -0.2) is 0 Å². The molecular formula is C42H36NO7P. The van der Waals surface area contributed by atoms with E-state index in [-0.39, 0.29) is 57.8 Å². The number of fused-ring (bicyclic) bond motifs is 2. The smallest absolute Gasteiger partial charge is 0.312 e. The van der Waals surface area contributed by atoms with Crippen molar-refractivity contribution in [2.24, 2.45) is 0 Å². The predicted octanol–water partition coefficient (Wildman–Crippen LogP) is 8.08. The zero-order chi connectivity index (χ0) is 36.6. The molecule has 0 spiro atoms. The summed E-state index contributed by atoms with van der Waals surface area (Å²) in [5, 5.41) is 3.05. The van der Waals surface area contributed by atoms with Gasteiger partial charge in [0.2, 0.25) is 18.2 Å². The van der Waals surface area contributed by atoms with Gasteiger partial charge >= 0.3 is 5.97 Å². The van der Waals surface area contributed by atoms with Crippen LogP contribution < -0.4 is 15.4 Å². The molecule has 51 heavy (non-hydrogen) atoms. The van der Waals surface area contributed by atoms with Crippen LogP contribution in [-0.4, -0.2) is 35.1 Å². The largest absolute Gasteiger partial charge is 0.426 e. The summed E-state index contributed by atoms with van der Waals surface area (Å²) in [4.78, 5) is 68.2. The number of ketones is 2. The quantitative estimate of drug-likeness (QED) is 0.0866. The number of hydrogen-bond donors (Lipinski definition) is 1. The highest BCUT2D eigenvalue weighted by Crippen LogP contribution is 2.52. The normalized spacial score (nSPS) is 13.1. The summed E-state index contributed by atoms with van der Waals surface area (Å²) < 4.78 is 20.8. The molecule has 256 valence electrons. The number of rotatable bonds is 10. The van der Waals surface area contributed by atoms with Crippen molar-refractivity contribution in [1.82, 2.24) is 0 Å². The van der Waals surface area contributed by atoms with E-state index in [2.05, 4.69) is 5.32 Å². The molecule has 0 heterocycles. The fraction of sp³-hybridized carbons (Fsp3) is 0.167. The lowest BCUT2D eigenvalue weighted by molar-refractivity contribution is -0.134. The van der Waals surface area contributed by atoms with Gasteiger partial charge in [0, 0.05) is 45.4 Å². The molecule has 0 aromatic heterocycles. The second-order valence-corrected chi connectivity index (χ2v) is 15.4. The maximum Gasteiger partial charge on any atom is 0.312 e. The summed E-state index contributed by atoms with van der Waals surface area (Å²) in [6.45, 7) is 9.10. The van der Waals surface area contributed by atoms with Gasteiger partial charge in [-0.2, -0.15) is 0 Å².